The van der Waals surface area contributed by atoms with Gasteiger partial charge in [0.05, 0.1) is 0 Å². The number of rotatable bonds is 4. The molecule has 0 radical (unpaired) electrons. The fourth-order valence-electron chi connectivity index (χ4n) is 2.19. The fourth-order valence-corrected chi connectivity index (χ4v) is 2.19. The highest BCUT2D eigenvalue weighted by atomic mass is 16.4. The van der Waals surface area contributed by atoms with Crippen molar-refractivity contribution in [2.75, 3.05) is 17.2 Å². The Hall–Kier alpha value is -2.49. The molecule has 2 N–H and O–H groups in total. The average Bonchev–Trinajstić information content (AvgIpc) is 2.90. The summed E-state index contributed by atoms with van der Waals surface area (Å²) in [4.78, 5) is 6.60. The number of fused-ring (bicyclic) bond motifs is 1. The third-order valence-corrected chi connectivity index (χ3v) is 3.35. The summed E-state index contributed by atoms with van der Waals surface area (Å²) >= 11 is 0. The summed E-state index contributed by atoms with van der Waals surface area (Å²) in [7, 11) is 0. The van der Waals surface area contributed by atoms with Gasteiger partial charge in [-0.1, -0.05) is 30.3 Å². The first kappa shape index (κ1) is 12.5. The van der Waals surface area contributed by atoms with Crippen molar-refractivity contribution >= 4 is 22.8 Å². The smallest absolute Gasteiger partial charge is 0.298 e. The number of hydrogen-bond acceptors (Lipinski definition) is 4. The molecule has 0 unspecified atom stereocenters. The van der Waals surface area contributed by atoms with Crippen LogP contribution in [0.3, 0.4) is 0 Å². The molecule has 0 aliphatic rings. The van der Waals surface area contributed by atoms with Crippen molar-refractivity contribution in [1.82, 2.24) is 4.98 Å². The van der Waals surface area contributed by atoms with Gasteiger partial charge in [0.15, 0.2) is 5.58 Å². The van der Waals surface area contributed by atoms with Gasteiger partial charge in [0, 0.05) is 18.8 Å². The van der Waals surface area contributed by atoms with Crippen LogP contribution in [-0.2, 0) is 6.54 Å². The molecule has 3 rings (SSSR count). The van der Waals surface area contributed by atoms with E-state index in [9.17, 15) is 0 Å². The van der Waals surface area contributed by atoms with Crippen LogP contribution in [0.1, 0.15) is 12.5 Å². The molecule has 4 nitrogen and oxygen atoms in total. The van der Waals surface area contributed by atoms with E-state index >= 15 is 0 Å². The second-order valence-corrected chi connectivity index (χ2v) is 4.68. The predicted octanol–water partition coefficient (Wildman–Crippen LogP) is 3.44. The van der Waals surface area contributed by atoms with E-state index < -0.39 is 0 Å². The quantitative estimate of drug-likeness (QED) is 0.736. The molecule has 3 aromatic rings. The lowest BCUT2D eigenvalue weighted by atomic mass is 10.2. The van der Waals surface area contributed by atoms with E-state index in [2.05, 4.69) is 16.8 Å². The molecule has 0 bridgehead atoms. The van der Waals surface area contributed by atoms with Crippen LogP contribution in [0, 0.1) is 0 Å². The Kier molecular flexibility index (Phi) is 3.29. The van der Waals surface area contributed by atoms with Crippen LogP contribution in [0.15, 0.2) is 52.9 Å². The Morgan fingerprint density at radius 2 is 1.85 bits per heavy atom. The van der Waals surface area contributed by atoms with Gasteiger partial charge in [-0.3, -0.25) is 0 Å². The number of para-hydroxylation sites is 3. The highest BCUT2D eigenvalue weighted by Crippen LogP contribution is 2.24. The third-order valence-electron chi connectivity index (χ3n) is 3.35. The van der Waals surface area contributed by atoms with Gasteiger partial charge in [0.25, 0.3) is 6.01 Å². The van der Waals surface area contributed by atoms with Crippen LogP contribution in [0.5, 0.6) is 0 Å². The minimum atomic E-state index is 0.636. The summed E-state index contributed by atoms with van der Waals surface area (Å²) < 4.78 is 5.81. The first-order chi connectivity index (χ1) is 9.78. The summed E-state index contributed by atoms with van der Waals surface area (Å²) in [6, 6.07) is 16.3. The number of hydrogen-bond donors (Lipinski definition) is 1. The normalized spacial score (nSPS) is 10.8. The number of nitrogens with zero attached hydrogens (tertiary/aromatic N) is 2. The van der Waals surface area contributed by atoms with Gasteiger partial charge in [-0.2, -0.15) is 4.98 Å². The second-order valence-electron chi connectivity index (χ2n) is 4.68. The van der Waals surface area contributed by atoms with Crippen LogP contribution < -0.4 is 10.6 Å². The number of anilines is 2. The standard InChI is InChI=1S/C16H17N3O/c1-2-19(11-12-7-3-4-8-13(12)17)16-18-14-9-5-6-10-15(14)20-16/h3-10H,2,11,17H2,1H3. The molecule has 0 amide bonds. The third kappa shape index (κ3) is 2.32. The molecule has 0 atom stereocenters. The first-order valence-corrected chi connectivity index (χ1v) is 6.72. The topological polar surface area (TPSA) is 55.3 Å². The van der Waals surface area contributed by atoms with E-state index in [1.54, 1.807) is 0 Å². The molecule has 1 heterocycles. The zero-order chi connectivity index (χ0) is 13.9. The maximum atomic E-state index is 6.00. The van der Waals surface area contributed by atoms with E-state index in [0.29, 0.717) is 12.6 Å². The highest BCUT2D eigenvalue weighted by molar-refractivity contribution is 5.74. The summed E-state index contributed by atoms with van der Waals surface area (Å²) in [5, 5.41) is 0. The van der Waals surface area contributed by atoms with E-state index in [4.69, 9.17) is 10.2 Å². The lowest BCUT2D eigenvalue weighted by molar-refractivity contribution is 0.570. The molecule has 0 aliphatic carbocycles. The largest absolute Gasteiger partial charge is 0.423 e. The van der Waals surface area contributed by atoms with Gasteiger partial charge in [-0.25, -0.2) is 0 Å². The summed E-state index contributed by atoms with van der Waals surface area (Å²) in [5.74, 6) is 0. The molecular formula is C16H17N3O. The minimum Gasteiger partial charge on any atom is -0.423 e. The van der Waals surface area contributed by atoms with Gasteiger partial charge < -0.3 is 15.1 Å². The molecule has 4 heteroatoms. The monoisotopic (exact) mass is 267 g/mol. The van der Waals surface area contributed by atoms with Gasteiger partial charge in [0.1, 0.15) is 5.52 Å². The van der Waals surface area contributed by atoms with Crippen molar-refractivity contribution in [2.24, 2.45) is 0 Å². The predicted molar refractivity (Wildman–Crippen MR) is 81.6 cm³/mol. The van der Waals surface area contributed by atoms with E-state index in [1.807, 2.05) is 48.5 Å². The zero-order valence-electron chi connectivity index (χ0n) is 11.4. The van der Waals surface area contributed by atoms with Crippen LogP contribution in [0.2, 0.25) is 0 Å². The molecule has 2 aromatic carbocycles. The number of oxazole rings is 1. The average molecular weight is 267 g/mol. The van der Waals surface area contributed by atoms with E-state index in [-0.39, 0.29) is 0 Å². The molecule has 0 spiro atoms. The number of aromatic nitrogens is 1. The highest BCUT2D eigenvalue weighted by Gasteiger charge is 2.13. The Labute approximate surface area is 117 Å². The van der Waals surface area contributed by atoms with E-state index in [1.165, 1.54) is 0 Å². The van der Waals surface area contributed by atoms with Crippen molar-refractivity contribution in [1.29, 1.82) is 0 Å². The molecular weight excluding hydrogens is 250 g/mol. The van der Waals surface area contributed by atoms with Crippen molar-refractivity contribution in [3.8, 4) is 0 Å². The Balaban J connectivity index is 1.91. The maximum Gasteiger partial charge on any atom is 0.298 e. The SMILES string of the molecule is CCN(Cc1ccccc1N)c1nc2ccccc2o1. The molecule has 102 valence electrons. The van der Waals surface area contributed by atoms with Crippen LogP contribution in [0.4, 0.5) is 11.7 Å². The summed E-state index contributed by atoms with van der Waals surface area (Å²) in [6.07, 6.45) is 0. The van der Waals surface area contributed by atoms with Gasteiger partial charge in [0.2, 0.25) is 0 Å². The van der Waals surface area contributed by atoms with Crippen molar-refractivity contribution in [2.45, 2.75) is 13.5 Å². The second kappa shape index (κ2) is 5.25. The van der Waals surface area contributed by atoms with Crippen molar-refractivity contribution in [3.05, 3.63) is 54.1 Å². The van der Waals surface area contributed by atoms with Crippen LogP contribution >= 0.6 is 0 Å². The van der Waals surface area contributed by atoms with Crippen molar-refractivity contribution in [3.63, 3.8) is 0 Å². The van der Waals surface area contributed by atoms with Crippen molar-refractivity contribution < 1.29 is 4.42 Å². The first-order valence-electron chi connectivity index (χ1n) is 6.72. The fraction of sp³-hybridized carbons (Fsp3) is 0.188. The number of benzene rings is 2. The lowest BCUT2D eigenvalue weighted by Gasteiger charge is -2.19. The molecule has 0 aliphatic heterocycles. The Bertz CT molecular complexity index is 687. The summed E-state index contributed by atoms with van der Waals surface area (Å²) in [6.45, 7) is 3.57. The lowest BCUT2D eigenvalue weighted by Crippen LogP contribution is -2.22. The molecule has 0 saturated heterocycles. The zero-order valence-corrected chi connectivity index (χ0v) is 11.4. The van der Waals surface area contributed by atoms with E-state index in [0.717, 1.165) is 28.9 Å². The molecule has 0 fully saturated rings. The Morgan fingerprint density at radius 3 is 2.60 bits per heavy atom. The molecule has 1 aromatic heterocycles. The number of nitrogen functional groups attached to an aromatic ring is 1. The molecule has 0 saturated carbocycles. The molecule has 20 heavy (non-hydrogen) atoms. The minimum absolute atomic E-state index is 0.636. The summed E-state index contributed by atoms with van der Waals surface area (Å²) in [5.41, 5.74) is 9.56. The van der Waals surface area contributed by atoms with Gasteiger partial charge in [-0.05, 0) is 30.7 Å². The maximum absolute atomic E-state index is 6.00. The number of nitrogens with two attached hydrogens (primary N) is 1. The van der Waals surface area contributed by atoms with Gasteiger partial charge >= 0.3 is 0 Å². The van der Waals surface area contributed by atoms with Crippen LogP contribution in [0.25, 0.3) is 11.1 Å². The van der Waals surface area contributed by atoms with Gasteiger partial charge in [-0.15, -0.1) is 0 Å². The Morgan fingerprint density at radius 1 is 1.10 bits per heavy atom. The van der Waals surface area contributed by atoms with Crippen LogP contribution in [-0.4, -0.2) is 11.5 Å².